The lowest BCUT2D eigenvalue weighted by atomic mass is 10.1. The molecular formula is C21H20N2O4. The number of anilines is 1. The SMILES string of the molecule is CCCCN(CC)c1ccc2c(c1)oc(=O)c1c3ncccc3c(=O)oc21. The molecule has 6 heteroatoms. The summed E-state index contributed by atoms with van der Waals surface area (Å²) in [5, 5.41) is 1.05. The van der Waals surface area contributed by atoms with Crippen LogP contribution in [0.3, 0.4) is 0 Å². The number of rotatable bonds is 5. The van der Waals surface area contributed by atoms with Crippen molar-refractivity contribution in [1.82, 2.24) is 4.98 Å². The van der Waals surface area contributed by atoms with E-state index in [0.29, 0.717) is 16.5 Å². The Bertz CT molecular complexity index is 1260. The molecule has 0 aliphatic heterocycles. The molecule has 1 aromatic carbocycles. The average molecular weight is 364 g/mol. The van der Waals surface area contributed by atoms with Gasteiger partial charge in [0.05, 0.1) is 16.3 Å². The lowest BCUT2D eigenvalue weighted by Crippen LogP contribution is -2.23. The summed E-state index contributed by atoms with van der Waals surface area (Å²) >= 11 is 0. The third-order valence-electron chi connectivity index (χ3n) is 4.83. The van der Waals surface area contributed by atoms with Crippen LogP contribution in [-0.2, 0) is 0 Å². The molecule has 0 unspecified atom stereocenters. The Balaban J connectivity index is 2.00. The van der Waals surface area contributed by atoms with Crippen molar-refractivity contribution < 1.29 is 8.83 Å². The number of pyridine rings is 1. The first-order valence-corrected chi connectivity index (χ1v) is 9.17. The second-order valence-corrected chi connectivity index (χ2v) is 6.50. The summed E-state index contributed by atoms with van der Waals surface area (Å²) in [6.07, 6.45) is 3.73. The van der Waals surface area contributed by atoms with Gasteiger partial charge in [0.1, 0.15) is 11.0 Å². The van der Waals surface area contributed by atoms with Gasteiger partial charge in [0, 0.05) is 31.0 Å². The minimum Gasteiger partial charge on any atom is -0.422 e. The van der Waals surface area contributed by atoms with E-state index in [0.717, 1.165) is 31.6 Å². The van der Waals surface area contributed by atoms with E-state index >= 15 is 0 Å². The molecule has 0 amide bonds. The Kier molecular flexibility index (Phi) is 4.39. The number of unbranched alkanes of at least 4 members (excludes halogenated alkanes) is 1. The quantitative estimate of drug-likeness (QED) is 0.392. The fourth-order valence-electron chi connectivity index (χ4n) is 3.40. The van der Waals surface area contributed by atoms with Crippen molar-refractivity contribution in [2.75, 3.05) is 18.0 Å². The monoisotopic (exact) mass is 364 g/mol. The highest BCUT2D eigenvalue weighted by Gasteiger charge is 2.17. The van der Waals surface area contributed by atoms with Gasteiger partial charge < -0.3 is 13.7 Å². The molecule has 0 fully saturated rings. The summed E-state index contributed by atoms with van der Waals surface area (Å²) in [6, 6.07) is 8.85. The van der Waals surface area contributed by atoms with Gasteiger partial charge in [-0.2, -0.15) is 0 Å². The summed E-state index contributed by atoms with van der Waals surface area (Å²) in [6.45, 7) is 6.03. The molecule has 0 N–H and O–H groups in total. The molecule has 4 rings (SSSR count). The zero-order valence-electron chi connectivity index (χ0n) is 15.3. The van der Waals surface area contributed by atoms with Crippen molar-refractivity contribution in [2.24, 2.45) is 0 Å². The molecule has 6 nitrogen and oxygen atoms in total. The van der Waals surface area contributed by atoms with Gasteiger partial charge in [-0.25, -0.2) is 9.59 Å². The molecule has 0 aliphatic carbocycles. The van der Waals surface area contributed by atoms with Crippen LogP contribution in [0, 0.1) is 0 Å². The summed E-state index contributed by atoms with van der Waals surface area (Å²) in [5.41, 5.74) is 0.834. The first-order chi connectivity index (χ1) is 13.1. The van der Waals surface area contributed by atoms with Crippen LogP contribution in [0.2, 0.25) is 0 Å². The average Bonchev–Trinajstić information content (AvgIpc) is 2.68. The van der Waals surface area contributed by atoms with E-state index in [9.17, 15) is 9.59 Å². The fourth-order valence-corrected chi connectivity index (χ4v) is 3.40. The van der Waals surface area contributed by atoms with Gasteiger partial charge in [-0.05, 0) is 37.6 Å². The van der Waals surface area contributed by atoms with Gasteiger partial charge >= 0.3 is 11.3 Å². The molecule has 0 bridgehead atoms. The van der Waals surface area contributed by atoms with Crippen LogP contribution in [0.5, 0.6) is 0 Å². The molecule has 4 aromatic rings. The predicted octanol–water partition coefficient (Wildman–Crippen LogP) is 4.07. The maximum Gasteiger partial charge on any atom is 0.349 e. The van der Waals surface area contributed by atoms with Crippen LogP contribution >= 0.6 is 0 Å². The summed E-state index contributed by atoms with van der Waals surface area (Å²) < 4.78 is 11.1. The van der Waals surface area contributed by atoms with E-state index in [2.05, 4.69) is 23.7 Å². The van der Waals surface area contributed by atoms with Crippen molar-refractivity contribution in [2.45, 2.75) is 26.7 Å². The highest BCUT2D eigenvalue weighted by atomic mass is 16.4. The van der Waals surface area contributed by atoms with Gasteiger partial charge in [-0.3, -0.25) is 4.98 Å². The topological polar surface area (TPSA) is 76.6 Å². The van der Waals surface area contributed by atoms with Gasteiger partial charge in [0.25, 0.3) is 0 Å². The fraction of sp³-hybridized carbons (Fsp3) is 0.286. The molecule has 0 atom stereocenters. The van der Waals surface area contributed by atoms with Gasteiger partial charge in [-0.15, -0.1) is 0 Å². The Morgan fingerprint density at radius 2 is 1.89 bits per heavy atom. The maximum absolute atomic E-state index is 12.7. The highest BCUT2D eigenvalue weighted by molar-refractivity contribution is 6.10. The van der Waals surface area contributed by atoms with E-state index in [1.807, 2.05) is 18.2 Å². The Labute approximate surface area is 155 Å². The summed E-state index contributed by atoms with van der Waals surface area (Å²) in [4.78, 5) is 31.4. The summed E-state index contributed by atoms with van der Waals surface area (Å²) in [5.74, 6) is 0. The van der Waals surface area contributed by atoms with Crippen LogP contribution in [-0.4, -0.2) is 18.1 Å². The van der Waals surface area contributed by atoms with Crippen molar-refractivity contribution >= 4 is 38.5 Å². The van der Waals surface area contributed by atoms with E-state index in [4.69, 9.17) is 8.83 Å². The van der Waals surface area contributed by atoms with Crippen molar-refractivity contribution in [3.05, 3.63) is 57.4 Å². The minimum atomic E-state index is -0.557. The van der Waals surface area contributed by atoms with Crippen LogP contribution in [0.1, 0.15) is 26.7 Å². The molecule has 0 aliphatic rings. The van der Waals surface area contributed by atoms with E-state index < -0.39 is 11.3 Å². The molecule has 0 spiro atoms. The standard InChI is InChI=1S/C21H20N2O4/c1-3-5-11-23(4-2)13-8-9-14-16(12-13)26-21(25)17-18-15(7-6-10-22-18)20(24)27-19(14)17/h6-10,12H,3-5,11H2,1-2H3. The molecule has 0 saturated heterocycles. The van der Waals surface area contributed by atoms with Crippen molar-refractivity contribution in [1.29, 1.82) is 0 Å². The number of nitrogens with zero attached hydrogens (tertiary/aromatic N) is 2. The minimum absolute atomic E-state index is 0.198. The van der Waals surface area contributed by atoms with Gasteiger partial charge in [-0.1, -0.05) is 13.3 Å². The van der Waals surface area contributed by atoms with Crippen LogP contribution in [0.4, 0.5) is 5.69 Å². The Hall–Kier alpha value is -3.15. The normalized spacial score (nSPS) is 11.5. The lowest BCUT2D eigenvalue weighted by Gasteiger charge is -2.23. The van der Waals surface area contributed by atoms with E-state index in [1.54, 1.807) is 18.3 Å². The first kappa shape index (κ1) is 17.3. The van der Waals surface area contributed by atoms with Crippen molar-refractivity contribution in [3.63, 3.8) is 0 Å². The van der Waals surface area contributed by atoms with E-state index in [1.165, 1.54) is 0 Å². The predicted molar refractivity (Wildman–Crippen MR) is 107 cm³/mol. The molecule has 3 heterocycles. The third kappa shape index (κ3) is 2.87. The smallest absolute Gasteiger partial charge is 0.349 e. The van der Waals surface area contributed by atoms with Crippen LogP contribution in [0.15, 0.2) is 55.0 Å². The molecule has 138 valence electrons. The number of benzene rings is 1. The molecule has 27 heavy (non-hydrogen) atoms. The van der Waals surface area contributed by atoms with Gasteiger partial charge in [0.2, 0.25) is 0 Å². The van der Waals surface area contributed by atoms with Crippen LogP contribution in [0.25, 0.3) is 32.8 Å². The number of hydrogen-bond donors (Lipinski definition) is 0. The molecule has 0 saturated carbocycles. The molecule has 3 aromatic heterocycles. The Morgan fingerprint density at radius 3 is 2.67 bits per heavy atom. The zero-order valence-corrected chi connectivity index (χ0v) is 15.3. The van der Waals surface area contributed by atoms with Gasteiger partial charge in [0.15, 0.2) is 5.58 Å². The number of hydrogen-bond acceptors (Lipinski definition) is 6. The Morgan fingerprint density at radius 1 is 1.04 bits per heavy atom. The third-order valence-corrected chi connectivity index (χ3v) is 4.83. The molecule has 0 radical (unpaired) electrons. The summed E-state index contributed by atoms with van der Waals surface area (Å²) in [7, 11) is 0. The second kappa shape index (κ2) is 6.87. The number of fused-ring (bicyclic) bond motifs is 5. The van der Waals surface area contributed by atoms with Crippen molar-refractivity contribution in [3.8, 4) is 0 Å². The maximum atomic E-state index is 12.7. The highest BCUT2D eigenvalue weighted by Crippen LogP contribution is 2.29. The molecular weight excluding hydrogens is 344 g/mol. The number of aromatic nitrogens is 1. The van der Waals surface area contributed by atoms with Crippen LogP contribution < -0.4 is 16.2 Å². The zero-order chi connectivity index (χ0) is 19.0. The first-order valence-electron chi connectivity index (χ1n) is 9.17. The largest absolute Gasteiger partial charge is 0.422 e. The lowest BCUT2D eigenvalue weighted by molar-refractivity contribution is 0.548. The van der Waals surface area contributed by atoms with E-state index in [-0.39, 0.29) is 16.4 Å². The second-order valence-electron chi connectivity index (χ2n) is 6.50.